The average Bonchev–Trinajstić information content (AvgIpc) is 3.20. The number of rotatable bonds is 7. The molecule has 7 heteroatoms. The van der Waals surface area contributed by atoms with Crippen LogP contribution in [0, 0.1) is 0 Å². The van der Waals surface area contributed by atoms with E-state index in [-0.39, 0.29) is 24.8 Å². The Morgan fingerprint density at radius 1 is 0.935 bits per heavy atom. The molecule has 2 aromatic heterocycles. The number of hydrogen-bond donors (Lipinski definition) is 2. The maximum absolute atomic E-state index is 12.7. The maximum Gasteiger partial charge on any atom is 0.251 e. The number of aromatic nitrogens is 2. The Kier molecular flexibility index (Phi) is 6.29. The molecule has 0 spiro atoms. The first-order chi connectivity index (χ1) is 15.1. The van der Waals surface area contributed by atoms with Gasteiger partial charge in [0, 0.05) is 18.0 Å². The summed E-state index contributed by atoms with van der Waals surface area (Å²) >= 11 is 6.00. The van der Waals surface area contributed by atoms with Crippen molar-refractivity contribution in [2.45, 2.75) is 19.0 Å². The van der Waals surface area contributed by atoms with Crippen molar-refractivity contribution >= 4 is 29.1 Å². The summed E-state index contributed by atoms with van der Waals surface area (Å²) in [4.78, 5) is 29.8. The van der Waals surface area contributed by atoms with E-state index in [2.05, 4.69) is 15.6 Å². The molecule has 4 rings (SSSR count). The molecule has 1 atom stereocenters. The Bertz CT molecular complexity index is 1190. The van der Waals surface area contributed by atoms with Crippen molar-refractivity contribution in [1.82, 2.24) is 20.0 Å². The molecule has 0 aliphatic carbocycles. The van der Waals surface area contributed by atoms with Gasteiger partial charge in [-0.15, -0.1) is 0 Å². The summed E-state index contributed by atoms with van der Waals surface area (Å²) in [5, 5.41) is 6.47. The van der Waals surface area contributed by atoms with Crippen molar-refractivity contribution in [1.29, 1.82) is 0 Å². The third-order valence-electron chi connectivity index (χ3n) is 4.86. The van der Waals surface area contributed by atoms with Gasteiger partial charge in [-0.3, -0.25) is 9.59 Å². The van der Waals surface area contributed by atoms with Crippen LogP contribution in [0.5, 0.6) is 0 Å². The number of fused-ring (bicyclic) bond motifs is 1. The molecule has 156 valence electrons. The summed E-state index contributed by atoms with van der Waals surface area (Å²) in [6, 6.07) is 21.6. The van der Waals surface area contributed by atoms with Crippen LogP contribution in [0.15, 0.2) is 85.2 Å². The first-order valence-electron chi connectivity index (χ1n) is 9.89. The molecule has 0 radical (unpaired) electrons. The van der Waals surface area contributed by atoms with Crippen molar-refractivity contribution < 1.29 is 9.59 Å². The number of nitrogens with one attached hydrogen (secondary N) is 2. The molecule has 2 N–H and O–H groups in total. The Labute approximate surface area is 184 Å². The van der Waals surface area contributed by atoms with Gasteiger partial charge in [-0.1, -0.05) is 60.1 Å². The molecule has 0 fully saturated rings. The number of amides is 2. The third-order valence-corrected chi connectivity index (χ3v) is 5.09. The van der Waals surface area contributed by atoms with Gasteiger partial charge in [0.05, 0.1) is 29.7 Å². The summed E-state index contributed by atoms with van der Waals surface area (Å²) in [6.07, 6.45) is 3.70. The fraction of sp³-hybridized carbons (Fsp3) is 0.125. The second kappa shape index (κ2) is 9.45. The second-order valence-electron chi connectivity index (χ2n) is 7.13. The van der Waals surface area contributed by atoms with Crippen LogP contribution in [0.3, 0.4) is 0 Å². The molecule has 0 saturated heterocycles. The molecule has 6 nitrogen and oxygen atoms in total. The van der Waals surface area contributed by atoms with E-state index in [0.29, 0.717) is 10.6 Å². The van der Waals surface area contributed by atoms with Crippen LogP contribution in [0.4, 0.5) is 0 Å². The van der Waals surface area contributed by atoms with E-state index in [1.165, 1.54) is 0 Å². The third kappa shape index (κ3) is 5.29. The fourth-order valence-electron chi connectivity index (χ4n) is 3.32. The second-order valence-corrected chi connectivity index (χ2v) is 7.57. The van der Waals surface area contributed by atoms with Gasteiger partial charge in [-0.25, -0.2) is 4.98 Å². The van der Waals surface area contributed by atoms with Crippen LogP contribution in [0.1, 0.15) is 34.1 Å². The van der Waals surface area contributed by atoms with Crippen LogP contribution in [0.2, 0.25) is 5.02 Å². The van der Waals surface area contributed by atoms with Gasteiger partial charge >= 0.3 is 0 Å². The number of pyridine rings is 1. The highest BCUT2D eigenvalue weighted by atomic mass is 35.5. The SMILES string of the molecule is O=C(CC(NC(=O)c1ccccc1)c1ccccc1)NCc1cn2cc(Cl)ccc2n1. The van der Waals surface area contributed by atoms with Crippen LogP contribution in [0.25, 0.3) is 5.65 Å². The Hall–Kier alpha value is -3.64. The van der Waals surface area contributed by atoms with Crippen LogP contribution < -0.4 is 10.6 Å². The van der Waals surface area contributed by atoms with Crippen LogP contribution >= 0.6 is 11.6 Å². The molecular weight excluding hydrogens is 412 g/mol. The van der Waals surface area contributed by atoms with Crippen molar-refractivity contribution in [3.63, 3.8) is 0 Å². The van der Waals surface area contributed by atoms with Crippen LogP contribution in [-0.4, -0.2) is 21.2 Å². The van der Waals surface area contributed by atoms with Crippen molar-refractivity contribution in [2.24, 2.45) is 0 Å². The average molecular weight is 433 g/mol. The molecule has 2 aromatic carbocycles. The van der Waals surface area contributed by atoms with E-state index in [1.54, 1.807) is 36.5 Å². The minimum atomic E-state index is -0.450. The van der Waals surface area contributed by atoms with E-state index in [1.807, 2.05) is 53.1 Å². The number of nitrogens with zero attached hydrogens (tertiary/aromatic N) is 2. The summed E-state index contributed by atoms with van der Waals surface area (Å²) in [5.74, 6) is -0.406. The quantitative estimate of drug-likeness (QED) is 0.460. The summed E-state index contributed by atoms with van der Waals surface area (Å²) < 4.78 is 1.82. The monoisotopic (exact) mass is 432 g/mol. The lowest BCUT2D eigenvalue weighted by molar-refractivity contribution is -0.121. The van der Waals surface area contributed by atoms with Crippen molar-refractivity contribution in [2.75, 3.05) is 0 Å². The largest absolute Gasteiger partial charge is 0.350 e. The van der Waals surface area contributed by atoms with Gasteiger partial charge in [0.2, 0.25) is 5.91 Å². The van der Waals surface area contributed by atoms with E-state index in [4.69, 9.17) is 11.6 Å². The molecule has 0 aliphatic heterocycles. The van der Waals surface area contributed by atoms with E-state index in [9.17, 15) is 9.59 Å². The molecular formula is C24H21ClN4O2. The lowest BCUT2D eigenvalue weighted by atomic mass is 10.0. The minimum Gasteiger partial charge on any atom is -0.350 e. The highest BCUT2D eigenvalue weighted by Gasteiger charge is 2.19. The molecule has 1 unspecified atom stereocenters. The lowest BCUT2D eigenvalue weighted by Gasteiger charge is -2.19. The van der Waals surface area contributed by atoms with E-state index >= 15 is 0 Å². The van der Waals surface area contributed by atoms with Gasteiger partial charge in [0.15, 0.2) is 0 Å². The summed E-state index contributed by atoms with van der Waals surface area (Å²) in [5.41, 5.74) is 2.89. The summed E-state index contributed by atoms with van der Waals surface area (Å²) in [7, 11) is 0. The molecule has 0 aliphatic rings. The molecule has 2 heterocycles. The number of carbonyl (C=O) groups excluding carboxylic acids is 2. The van der Waals surface area contributed by atoms with E-state index in [0.717, 1.165) is 16.9 Å². The normalized spacial score (nSPS) is 11.8. The zero-order valence-electron chi connectivity index (χ0n) is 16.7. The van der Waals surface area contributed by atoms with E-state index < -0.39 is 6.04 Å². The standard InChI is InChI=1S/C24H21ClN4O2/c25-19-11-12-22-27-20(16-29(22)15-19)14-26-23(30)13-21(17-7-3-1-4-8-17)28-24(31)18-9-5-2-6-10-18/h1-12,15-16,21H,13-14H2,(H,26,30)(H,28,31). The molecule has 0 saturated carbocycles. The molecule has 31 heavy (non-hydrogen) atoms. The van der Waals surface area contributed by atoms with Gasteiger partial charge in [0.1, 0.15) is 5.65 Å². The van der Waals surface area contributed by atoms with Gasteiger partial charge in [-0.2, -0.15) is 0 Å². The first kappa shape index (κ1) is 20.6. The smallest absolute Gasteiger partial charge is 0.251 e. The highest BCUT2D eigenvalue weighted by Crippen LogP contribution is 2.18. The molecule has 0 bridgehead atoms. The van der Waals surface area contributed by atoms with Gasteiger partial charge in [-0.05, 0) is 29.8 Å². The molecule has 4 aromatic rings. The van der Waals surface area contributed by atoms with Crippen LogP contribution in [-0.2, 0) is 11.3 Å². The first-order valence-corrected chi connectivity index (χ1v) is 10.3. The Balaban J connectivity index is 1.43. The maximum atomic E-state index is 12.7. The topological polar surface area (TPSA) is 75.5 Å². The number of benzene rings is 2. The van der Waals surface area contributed by atoms with Crippen molar-refractivity contribution in [3.05, 3.63) is 107 Å². The zero-order valence-corrected chi connectivity index (χ0v) is 17.4. The van der Waals surface area contributed by atoms with Crippen molar-refractivity contribution in [3.8, 4) is 0 Å². The van der Waals surface area contributed by atoms with Gasteiger partial charge < -0.3 is 15.0 Å². The number of hydrogen-bond acceptors (Lipinski definition) is 3. The predicted octanol–water partition coefficient (Wildman–Crippen LogP) is 4.17. The Morgan fingerprint density at radius 2 is 1.65 bits per heavy atom. The number of carbonyl (C=O) groups is 2. The Morgan fingerprint density at radius 3 is 2.39 bits per heavy atom. The number of halogens is 1. The fourth-order valence-corrected chi connectivity index (χ4v) is 3.49. The summed E-state index contributed by atoms with van der Waals surface area (Å²) in [6.45, 7) is 0.284. The number of imidazole rings is 1. The molecule has 2 amide bonds. The van der Waals surface area contributed by atoms with Gasteiger partial charge in [0.25, 0.3) is 5.91 Å². The zero-order chi connectivity index (χ0) is 21.6. The predicted molar refractivity (Wildman–Crippen MR) is 120 cm³/mol. The minimum absolute atomic E-state index is 0.113. The lowest BCUT2D eigenvalue weighted by Crippen LogP contribution is -2.33. The highest BCUT2D eigenvalue weighted by molar-refractivity contribution is 6.30.